The molecule has 2 amide bonds. The van der Waals surface area contributed by atoms with Crippen LogP contribution >= 0.6 is 0 Å². The molecular weight excluding hydrogens is 566 g/mol. The highest BCUT2D eigenvalue weighted by molar-refractivity contribution is 7.91. The molecule has 1 fully saturated rings. The number of fused-ring (bicyclic) bond motifs is 1. The Morgan fingerprint density at radius 2 is 1.58 bits per heavy atom. The number of benzene rings is 3. The molecule has 220 valence electrons. The number of hydrogen-bond donors (Lipinski definition) is 3. The zero-order valence-corrected chi connectivity index (χ0v) is 24.6. The van der Waals surface area contributed by atoms with E-state index >= 15 is 0 Å². The number of carbonyl (C=O) groups excluding carboxylic acids is 2. The minimum absolute atomic E-state index is 0.0788. The molecule has 6 rings (SSSR count). The number of piperazine rings is 1. The number of hydrogen-bond acceptors (Lipinski definition) is 7. The first-order valence-corrected chi connectivity index (χ1v) is 15.3. The fourth-order valence-corrected chi connectivity index (χ4v) is 6.45. The van der Waals surface area contributed by atoms with E-state index in [4.69, 9.17) is 0 Å². The maximum absolute atomic E-state index is 13.7. The number of nitrogens with one attached hydrogen (secondary N) is 3. The first kappa shape index (κ1) is 28.2. The largest absolute Gasteiger partial charge is 0.369 e. The van der Waals surface area contributed by atoms with Crippen molar-refractivity contribution in [2.75, 3.05) is 48.8 Å². The highest BCUT2D eigenvalue weighted by atomic mass is 32.2. The van der Waals surface area contributed by atoms with Gasteiger partial charge in [-0.05, 0) is 67.7 Å². The van der Waals surface area contributed by atoms with Crippen molar-refractivity contribution in [3.63, 3.8) is 0 Å². The normalized spacial score (nSPS) is 14.1. The van der Waals surface area contributed by atoms with Crippen LogP contribution in [0.2, 0.25) is 0 Å². The van der Waals surface area contributed by atoms with Crippen molar-refractivity contribution in [3.8, 4) is 0 Å². The van der Waals surface area contributed by atoms with E-state index in [0.29, 0.717) is 22.3 Å². The molecule has 0 spiro atoms. The molecule has 0 bridgehead atoms. The molecule has 0 radical (unpaired) electrons. The van der Waals surface area contributed by atoms with Gasteiger partial charge in [-0.3, -0.25) is 14.7 Å². The van der Waals surface area contributed by atoms with Crippen LogP contribution in [0.4, 0.5) is 17.2 Å². The second kappa shape index (κ2) is 11.4. The van der Waals surface area contributed by atoms with Crippen molar-refractivity contribution < 1.29 is 18.0 Å². The quantitative estimate of drug-likeness (QED) is 0.258. The van der Waals surface area contributed by atoms with E-state index in [1.807, 2.05) is 12.1 Å². The molecule has 0 aliphatic carbocycles. The minimum Gasteiger partial charge on any atom is -0.369 e. The lowest BCUT2D eigenvalue weighted by Crippen LogP contribution is -2.44. The van der Waals surface area contributed by atoms with Crippen molar-refractivity contribution in [2.24, 2.45) is 7.05 Å². The number of rotatable bonds is 7. The second-order valence-corrected chi connectivity index (χ2v) is 12.5. The van der Waals surface area contributed by atoms with Crippen molar-refractivity contribution in [2.45, 2.75) is 9.79 Å². The van der Waals surface area contributed by atoms with Crippen LogP contribution in [-0.2, 0) is 16.9 Å². The molecule has 2 aromatic heterocycles. The third-order valence-electron chi connectivity index (χ3n) is 7.67. The molecular formula is C31H31N7O4S. The Bertz CT molecular complexity index is 1920. The van der Waals surface area contributed by atoms with Crippen molar-refractivity contribution >= 4 is 49.7 Å². The van der Waals surface area contributed by atoms with Gasteiger partial charge in [-0.25, -0.2) is 8.42 Å². The lowest BCUT2D eigenvalue weighted by molar-refractivity contribution is 0.101. The van der Waals surface area contributed by atoms with Gasteiger partial charge in [0.1, 0.15) is 5.69 Å². The van der Waals surface area contributed by atoms with Gasteiger partial charge >= 0.3 is 0 Å². The molecule has 1 aliphatic heterocycles. The summed E-state index contributed by atoms with van der Waals surface area (Å²) in [5.41, 5.74) is 2.50. The standard InChI is InChI=1S/C31H31N7O4S/c1-36-15-17-38(18-16-36)21-10-12-24(27(19-21)32-31(40)28-9-6-14-37(28)2)30(39)33-29-25-20-23(11-13-26(25)34-35-29)43(41,42)22-7-4-3-5-8-22/h3-14,19-20H,15-18H2,1-2H3,(H,32,40)(H2,33,34,35,39). The minimum atomic E-state index is -3.78. The van der Waals surface area contributed by atoms with Gasteiger partial charge in [0.15, 0.2) is 5.82 Å². The maximum atomic E-state index is 13.7. The van der Waals surface area contributed by atoms with E-state index in [1.54, 1.807) is 60.3 Å². The van der Waals surface area contributed by atoms with Gasteiger partial charge in [0.05, 0.1) is 26.6 Å². The van der Waals surface area contributed by atoms with E-state index in [1.165, 1.54) is 24.3 Å². The second-order valence-electron chi connectivity index (χ2n) is 10.5. The average molecular weight is 598 g/mol. The SMILES string of the molecule is CN1CCN(c2ccc(C(=O)Nc3n[nH]c4ccc(S(=O)(=O)c5ccccc5)cc34)c(NC(=O)c3cccn3C)c2)CC1. The van der Waals surface area contributed by atoms with Crippen molar-refractivity contribution in [1.29, 1.82) is 0 Å². The lowest BCUT2D eigenvalue weighted by Gasteiger charge is -2.34. The summed E-state index contributed by atoms with van der Waals surface area (Å²) in [6, 6.07) is 21.6. The van der Waals surface area contributed by atoms with Crippen LogP contribution in [0.25, 0.3) is 10.9 Å². The van der Waals surface area contributed by atoms with Gasteiger partial charge in [0.2, 0.25) is 9.84 Å². The molecule has 3 N–H and O–H groups in total. The molecule has 43 heavy (non-hydrogen) atoms. The molecule has 0 unspecified atom stereocenters. The first-order chi connectivity index (χ1) is 20.7. The van der Waals surface area contributed by atoms with Crippen LogP contribution in [0.3, 0.4) is 0 Å². The lowest BCUT2D eigenvalue weighted by atomic mass is 10.1. The van der Waals surface area contributed by atoms with E-state index in [9.17, 15) is 18.0 Å². The van der Waals surface area contributed by atoms with Gasteiger partial charge in [-0.1, -0.05) is 18.2 Å². The van der Waals surface area contributed by atoms with E-state index in [-0.39, 0.29) is 27.1 Å². The molecule has 12 heteroatoms. The fraction of sp³-hybridized carbons (Fsp3) is 0.194. The number of H-pyrrole nitrogens is 1. The number of carbonyl (C=O) groups is 2. The van der Waals surface area contributed by atoms with Gasteiger partial charge < -0.3 is 25.0 Å². The molecule has 5 aromatic rings. The summed E-state index contributed by atoms with van der Waals surface area (Å²) in [5.74, 6) is -0.678. The van der Waals surface area contributed by atoms with Crippen LogP contribution in [0.15, 0.2) is 94.9 Å². The maximum Gasteiger partial charge on any atom is 0.272 e. The zero-order valence-electron chi connectivity index (χ0n) is 23.7. The smallest absolute Gasteiger partial charge is 0.272 e. The van der Waals surface area contributed by atoms with Gasteiger partial charge in [0, 0.05) is 50.5 Å². The molecule has 1 aliphatic rings. The van der Waals surface area contributed by atoms with E-state index < -0.39 is 15.7 Å². The Kier molecular flexibility index (Phi) is 7.46. The third-order valence-corrected chi connectivity index (χ3v) is 9.44. The predicted molar refractivity (Wildman–Crippen MR) is 165 cm³/mol. The van der Waals surface area contributed by atoms with Crippen LogP contribution < -0.4 is 15.5 Å². The molecule has 0 saturated carbocycles. The average Bonchev–Trinajstić information content (AvgIpc) is 3.63. The monoisotopic (exact) mass is 597 g/mol. The van der Waals surface area contributed by atoms with E-state index in [2.05, 4.69) is 37.7 Å². The van der Waals surface area contributed by atoms with Crippen molar-refractivity contribution in [3.05, 3.63) is 96.3 Å². The predicted octanol–water partition coefficient (Wildman–Crippen LogP) is 3.99. The summed E-state index contributed by atoms with van der Waals surface area (Å²) in [6.07, 6.45) is 1.78. The number of amides is 2. The Morgan fingerprint density at radius 1 is 0.814 bits per heavy atom. The summed E-state index contributed by atoms with van der Waals surface area (Å²) in [6.45, 7) is 3.45. The van der Waals surface area contributed by atoms with Gasteiger partial charge in [0.25, 0.3) is 11.8 Å². The van der Waals surface area contributed by atoms with Crippen LogP contribution in [0.1, 0.15) is 20.8 Å². The number of sulfone groups is 1. The number of aryl methyl sites for hydroxylation is 1. The Morgan fingerprint density at radius 3 is 2.30 bits per heavy atom. The molecule has 3 aromatic carbocycles. The molecule has 0 atom stereocenters. The molecule has 3 heterocycles. The van der Waals surface area contributed by atoms with Gasteiger partial charge in [-0.2, -0.15) is 5.10 Å². The Balaban J connectivity index is 1.32. The van der Waals surface area contributed by atoms with Crippen LogP contribution in [-0.4, -0.2) is 73.1 Å². The highest BCUT2D eigenvalue weighted by Gasteiger charge is 2.23. The Labute approximate surface area is 249 Å². The zero-order chi connectivity index (χ0) is 30.1. The number of nitrogens with zero attached hydrogens (tertiary/aromatic N) is 4. The van der Waals surface area contributed by atoms with Crippen LogP contribution in [0, 0.1) is 0 Å². The summed E-state index contributed by atoms with van der Waals surface area (Å²) in [5, 5.41) is 13.3. The summed E-state index contributed by atoms with van der Waals surface area (Å²) in [4.78, 5) is 31.6. The summed E-state index contributed by atoms with van der Waals surface area (Å²) >= 11 is 0. The number of likely N-dealkylation sites (N-methyl/N-ethyl adjacent to an activating group) is 1. The summed E-state index contributed by atoms with van der Waals surface area (Å²) < 4.78 is 28.2. The third kappa shape index (κ3) is 5.62. The summed E-state index contributed by atoms with van der Waals surface area (Å²) in [7, 11) is 0.0728. The van der Waals surface area contributed by atoms with Crippen LogP contribution in [0.5, 0.6) is 0 Å². The van der Waals surface area contributed by atoms with Crippen molar-refractivity contribution in [1.82, 2.24) is 19.7 Å². The van der Waals surface area contributed by atoms with Gasteiger partial charge in [-0.15, -0.1) is 0 Å². The first-order valence-electron chi connectivity index (χ1n) is 13.8. The number of aromatic nitrogens is 3. The highest BCUT2D eigenvalue weighted by Crippen LogP contribution is 2.30. The number of anilines is 3. The molecule has 11 nitrogen and oxygen atoms in total. The molecule has 1 saturated heterocycles. The number of aromatic amines is 1. The van der Waals surface area contributed by atoms with E-state index in [0.717, 1.165) is 31.9 Å². The fourth-order valence-electron chi connectivity index (χ4n) is 5.14. The topological polar surface area (TPSA) is 132 Å². The Hall–Kier alpha value is -4.94.